The number of H-pyrrole nitrogens is 1. The van der Waals surface area contributed by atoms with Crippen molar-refractivity contribution in [1.82, 2.24) is 10.3 Å². The van der Waals surface area contributed by atoms with Crippen LogP contribution >= 0.6 is 0 Å². The molecule has 0 saturated heterocycles. The number of aromatic amines is 1. The third-order valence-electron chi connectivity index (χ3n) is 6.88. The summed E-state index contributed by atoms with van der Waals surface area (Å²) < 4.78 is 50.5. The molecule has 4 rings (SSSR count). The van der Waals surface area contributed by atoms with E-state index in [0.29, 0.717) is 11.9 Å². The van der Waals surface area contributed by atoms with Crippen LogP contribution in [0.5, 0.6) is 0 Å². The second-order valence-electron chi connectivity index (χ2n) is 10.8. The van der Waals surface area contributed by atoms with Crippen LogP contribution < -0.4 is 15.7 Å². The highest BCUT2D eigenvalue weighted by molar-refractivity contribution is 6.99. The van der Waals surface area contributed by atoms with Gasteiger partial charge in [-0.15, -0.1) is 0 Å². The van der Waals surface area contributed by atoms with Crippen LogP contribution in [0.1, 0.15) is 33.3 Å². The van der Waals surface area contributed by atoms with Crippen LogP contribution in [0.3, 0.4) is 0 Å². The van der Waals surface area contributed by atoms with Gasteiger partial charge in [0.15, 0.2) is 0 Å². The van der Waals surface area contributed by atoms with Crippen LogP contribution in [-0.2, 0) is 10.8 Å². The average Bonchev–Trinajstić information content (AvgIpc) is 3.25. The number of nitrogens with one attached hydrogen (secondary N) is 2. The minimum Gasteiger partial charge on any atom is -0.401 e. The molecule has 4 aromatic rings. The molecule has 1 unspecified atom stereocenters. The zero-order chi connectivity index (χ0) is 26.7. The Labute approximate surface area is 218 Å². The molecule has 1 heterocycles. The Bertz CT molecular complexity index is 1260. The molecule has 37 heavy (non-hydrogen) atoms. The van der Waals surface area contributed by atoms with Crippen molar-refractivity contribution < 1.29 is 17.6 Å². The first-order valence-electron chi connectivity index (χ1n) is 12.6. The molecule has 0 bridgehead atoms. The van der Waals surface area contributed by atoms with Gasteiger partial charge in [0.05, 0.1) is 13.2 Å². The zero-order valence-electron chi connectivity index (χ0n) is 21.8. The van der Waals surface area contributed by atoms with E-state index in [-0.39, 0.29) is 16.9 Å². The van der Waals surface area contributed by atoms with E-state index in [0.717, 1.165) is 21.3 Å². The Morgan fingerprint density at radius 2 is 1.51 bits per heavy atom. The van der Waals surface area contributed by atoms with Crippen molar-refractivity contribution in [3.63, 3.8) is 0 Å². The molecule has 0 fully saturated rings. The first kappa shape index (κ1) is 27.2. The summed E-state index contributed by atoms with van der Waals surface area (Å²) in [5, 5.41) is 5.46. The summed E-state index contributed by atoms with van der Waals surface area (Å²) in [6, 6.07) is 24.0. The topological polar surface area (TPSA) is 37.0 Å². The SMILES string of the molecule is CC(Cc1c[nH]c2cc(F)ccc12)NCC(F)(F)CO[Si](c1ccccc1)(c1ccccc1)C(C)(C)C. The lowest BCUT2D eigenvalue weighted by molar-refractivity contribution is -0.0433. The van der Waals surface area contributed by atoms with Gasteiger partial charge in [-0.25, -0.2) is 13.2 Å². The van der Waals surface area contributed by atoms with Gasteiger partial charge in [-0.05, 0) is 52.5 Å². The molecule has 1 aromatic heterocycles. The summed E-state index contributed by atoms with van der Waals surface area (Å²) in [6.07, 6.45) is 2.35. The second kappa shape index (κ2) is 10.9. The molecule has 0 spiro atoms. The smallest absolute Gasteiger partial charge is 0.281 e. The lowest BCUT2D eigenvalue weighted by Crippen LogP contribution is -2.67. The number of alkyl halides is 2. The molecule has 7 heteroatoms. The molecule has 0 aliphatic rings. The van der Waals surface area contributed by atoms with Crippen molar-refractivity contribution in [2.24, 2.45) is 0 Å². The first-order valence-corrected chi connectivity index (χ1v) is 14.5. The monoisotopic (exact) mass is 524 g/mol. The highest BCUT2D eigenvalue weighted by Crippen LogP contribution is 2.37. The Kier molecular flexibility index (Phi) is 7.97. The summed E-state index contributed by atoms with van der Waals surface area (Å²) >= 11 is 0. The Hall–Kier alpha value is -2.87. The molecule has 1 atom stereocenters. The third kappa shape index (κ3) is 6.00. The van der Waals surface area contributed by atoms with Gasteiger partial charge >= 0.3 is 0 Å². The van der Waals surface area contributed by atoms with Gasteiger partial charge < -0.3 is 14.7 Å². The lowest BCUT2D eigenvalue weighted by Gasteiger charge is -2.43. The number of hydrogen-bond donors (Lipinski definition) is 2. The predicted octanol–water partition coefficient (Wildman–Crippen LogP) is 6.04. The highest BCUT2D eigenvalue weighted by Gasteiger charge is 2.51. The van der Waals surface area contributed by atoms with Gasteiger partial charge in [-0.2, -0.15) is 0 Å². The van der Waals surface area contributed by atoms with Crippen molar-refractivity contribution in [2.75, 3.05) is 13.2 Å². The summed E-state index contributed by atoms with van der Waals surface area (Å²) in [4.78, 5) is 3.06. The normalized spacial score (nSPS) is 13.7. The fraction of sp³-hybridized carbons (Fsp3) is 0.333. The van der Waals surface area contributed by atoms with Crippen LogP contribution in [-0.4, -0.2) is 38.4 Å². The minimum atomic E-state index is -3.06. The van der Waals surface area contributed by atoms with E-state index in [2.05, 4.69) is 31.1 Å². The molecule has 0 amide bonds. The molecule has 0 radical (unpaired) electrons. The maximum Gasteiger partial charge on any atom is 0.281 e. The van der Waals surface area contributed by atoms with E-state index in [1.807, 2.05) is 73.8 Å². The first-order chi connectivity index (χ1) is 17.5. The van der Waals surface area contributed by atoms with E-state index < -0.39 is 27.4 Å². The minimum absolute atomic E-state index is 0.206. The molecule has 3 aromatic carbocycles. The molecule has 0 aliphatic carbocycles. The number of hydrogen-bond acceptors (Lipinski definition) is 2. The highest BCUT2D eigenvalue weighted by atomic mass is 28.4. The lowest BCUT2D eigenvalue weighted by atomic mass is 10.1. The summed E-state index contributed by atoms with van der Waals surface area (Å²) in [5.74, 6) is -3.38. The van der Waals surface area contributed by atoms with Crippen molar-refractivity contribution in [2.45, 2.75) is 51.1 Å². The van der Waals surface area contributed by atoms with Gasteiger partial charge in [0.1, 0.15) is 5.82 Å². The molecule has 0 aliphatic heterocycles. The van der Waals surface area contributed by atoms with Crippen molar-refractivity contribution in [3.05, 3.63) is 96.4 Å². The summed E-state index contributed by atoms with van der Waals surface area (Å²) in [5.41, 5.74) is 1.66. The Morgan fingerprint density at radius 1 is 0.919 bits per heavy atom. The van der Waals surface area contributed by atoms with E-state index >= 15 is 8.78 Å². The molecule has 3 nitrogen and oxygen atoms in total. The maximum absolute atomic E-state index is 15.3. The van der Waals surface area contributed by atoms with Crippen LogP contribution in [0.2, 0.25) is 5.04 Å². The maximum atomic E-state index is 15.3. The zero-order valence-corrected chi connectivity index (χ0v) is 22.8. The van der Waals surface area contributed by atoms with Crippen molar-refractivity contribution in [1.29, 1.82) is 0 Å². The second-order valence-corrected chi connectivity index (χ2v) is 15.1. The molecular formula is C30H35F3N2OSi. The standard InChI is InChI=1S/C30H35F3N2OSi/c1-22(17-23-19-34-28-18-24(31)15-16-27(23)28)35-20-30(32,33)21-36-37(29(2,3)4,25-11-7-5-8-12-25)26-13-9-6-10-14-26/h5-16,18-19,22,34-35H,17,20-21H2,1-4H3. The number of halogens is 3. The van der Waals surface area contributed by atoms with Crippen LogP contribution in [0.4, 0.5) is 13.2 Å². The van der Waals surface area contributed by atoms with Gasteiger partial charge in [0.2, 0.25) is 0 Å². The van der Waals surface area contributed by atoms with E-state index in [4.69, 9.17) is 4.43 Å². The van der Waals surface area contributed by atoms with Crippen LogP contribution in [0.25, 0.3) is 10.9 Å². The number of rotatable bonds is 10. The average molecular weight is 525 g/mol. The number of aromatic nitrogens is 1. The fourth-order valence-corrected chi connectivity index (χ4v) is 9.66. The van der Waals surface area contributed by atoms with E-state index in [1.165, 1.54) is 12.1 Å². The largest absolute Gasteiger partial charge is 0.401 e. The summed E-state index contributed by atoms with van der Waals surface area (Å²) in [6.45, 7) is 6.93. The third-order valence-corrected chi connectivity index (χ3v) is 11.9. The van der Waals surface area contributed by atoms with Gasteiger partial charge in [0, 0.05) is 23.1 Å². The number of fused-ring (bicyclic) bond motifs is 1. The Balaban J connectivity index is 1.49. The molecule has 196 valence electrons. The van der Waals surface area contributed by atoms with Gasteiger partial charge in [0.25, 0.3) is 14.2 Å². The van der Waals surface area contributed by atoms with Crippen LogP contribution in [0.15, 0.2) is 85.1 Å². The number of benzene rings is 3. The van der Waals surface area contributed by atoms with Crippen LogP contribution in [0, 0.1) is 5.82 Å². The fourth-order valence-electron chi connectivity index (χ4n) is 5.08. The van der Waals surface area contributed by atoms with E-state index in [1.54, 1.807) is 6.07 Å². The van der Waals surface area contributed by atoms with Crippen molar-refractivity contribution >= 4 is 29.6 Å². The molecule has 2 N–H and O–H groups in total. The van der Waals surface area contributed by atoms with Crippen molar-refractivity contribution in [3.8, 4) is 0 Å². The Morgan fingerprint density at radius 3 is 2.08 bits per heavy atom. The summed E-state index contributed by atoms with van der Waals surface area (Å²) in [7, 11) is -3.04. The quantitative estimate of drug-likeness (QED) is 0.248. The molecule has 0 saturated carbocycles. The van der Waals surface area contributed by atoms with E-state index in [9.17, 15) is 4.39 Å². The van der Waals surface area contributed by atoms with Gasteiger partial charge in [-0.3, -0.25) is 0 Å². The predicted molar refractivity (Wildman–Crippen MR) is 148 cm³/mol. The van der Waals surface area contributed by atoms with Gasteiger partial charge in [-0.1, -0.05) is 81.4 Å². The molecular weight excluding hydrogens is 489 g/mol.